The molecule has 0 spiro atoms. The van der Waals surface area contributed by atoms with E-state index in [-0.39, 0.29) is 6.10 Å². The first-order valence-corrected chi connectivity index (χ1v) is 6.64. The van der Waals surface area contributed by atoms with Crippen LogP contribution in [0.3, 0.4) is 0 Å². The first kappa shape index (κ1) is 13.1. The van der Waals surface area contributed by atoms with Gasteiger partial charge in [0.1, 0.15) is 6.10 Å². The normalized spacial score (nSPS) is 20.2. The van der Waals surface area contributed by atoms with Crippen molar-refractivity contribution in [3.05, 3.63) is 29.6 Å². The molecular weight excluding hydrogens is 256 g/mol. The van der Waals surface area contributed by atoms with Crippen molar-refractivity contribution in [1.29, 1.82) is 0 Å². The highest BCUT2D eigenvalue weighted by molar-refractivity contribution is 5.62. The van der Waals surface area contributed by atoms with Crippen molar-refractivity contribution in [2.24, 2.45) is 0 Å². The molecule has 20 heavy (non-hydrogen) atoms. The van der Waals surface area contributed by atoms with Crippen molar-refractivity contribution in [3.63, 3.8) is 0 Å². The number of aromatic nitrogens is 2. The van der Waals surface area contributed by atoms with Gasteiger partial charge in [-0.2, -0.15) is 4.98 Å². The van der Waals surface area contributed by atoms with Gasteiger partial charge in [0.15, 0.2) is 0 Å². The molecule has 2 aromatic rings. The molecule has 6 nitrogen and oxygen atoms in total. The third-order valence-electron chi connectivity index (χ3n) is 3.48. The number of aryl methyl sites for hydroxylation is 1. The van der Waals surface area contributed by atoms with Crippen LogP contribution in [0.25, 0.3) is 11.5 Å². The summed E-state index contributed by atoms with van der Waals surface area (Å²) in [5, 5.41) is 4.05. The first-order chi connectivity index (χ1) is 9.63. The first-order valence-electron chi connectivity index (χ1n) is 6.64. The van der Waals surface area contributed by atoms with Gasteiger partial charge in [0.05, 0.1) is 6.61 Å². The zero-order valence-electron chi connectivity index (χ0n) is 11.7. The number of nitrogen functional groups attached to an aromatic ring is 1. The van der Waals surface area contributed by atoms with E-state index < -0.39 is 0 Å². The average molecular weight is 274 g/mol. The summed E-state index contributed by atoms with van der Waals surface area (Å²) in [6.45, 7) is 4.37. The quantitative estimate of drug-likeness (QED) is 0.839. The highest BCUT2D eigenvalue weighted by Gasteiger charge is 2.24. The maximum atomic E-state index is 5.75. The fraction of sp³-hybridized carbons (Fsp3) is 0.429. The van der Waals surface area contributed by atoms with Crippen molar-refractivity contribution in [2.75, 3.05) is 32.5 Å². The predicted molar refractivity (Wildman–Crippen MR) is 75.1 cm³/mol. The second kappa shape index (κ2) is 5.22. The monoisotopic (exact) mass is 274 g/mol. The minimum Gasteiger partial charge on any atom is -0.399 e. The third kappa shape index (κ3) is 2.52. The van der Waals surface area contributed by atoms with Crippen LogP contribution in [0.5, 0.6) is 0 Å². The lowest BCUT2D eigenvalue weighted by Gasteiger charge is -2.27. The van der Waals surface area contributed by atoms with Crippen LogP contribution in [-0.2, 0) is 4.74 Å². The van der Waals surface area contributed by atoms with Crippen molar-refractivity contribution >= 4 is 5.69 Å². The standard InChI is InChI=1S/C14H18N4O2/c1-9-7-10(15)3-4-11(9)14-16-13(17-20-14)12-8-18(2)5-6-19-12/h3-4,7,12H,5-6,8,15H2,1-2H3. The summed E-state index contributed by atoms with van der Waals surface area (Å²) in [5.41, 5.74) is 8.40. The fourth-order valence-electron chi connectivity index (χ4n) is 2.34. The van der Waals surface area contributed by atoms with Gasteiger partial charge in [-0.1, -0.05) is 5.16 Å². The highest BCUT2D eigenvalue weighted by atomic mass is 16.5. The Morgan fingerprint density at radius 1 is 1.40 bits per heavy atom. The van der Waals surface area contributed by atoms with E-state index in [1.165, 1.54) is 0 Å². The Morgan fingerprint density at radius 2 is 2.25 bits per heavy atom. The van der Waals surface area contributed by atoms with Gasteiger partial charge >= 0.3 is 0 Å². The highest BCUT2D eigenvalue weighted by Crippen LogP contribution is 2.26. The molecule has 2 N–H and O–H groups in total. The topological polar surface area (TPSA) is 77.4 Å². The number of hydrogen-bond donors (Lipinski definition) is 1. The van der Waals surface area contributed by atoms with Crippen LogP contribution in [0.1, 0.15) is 17.5 Å². The molecule has 1 aromatic heterocycles. The molecule has 1 aliphatic rings. The average Bonchev–Trinajstić information content (AvgIpc) is 2.88. The van der Waals surface area contributed by atoms with E-state index in [4.69, 9.17) is 15.0 Å². The molecule has 0 radical (unpaired) electrons. The van der Waals surface area contributed by atoms with Crippen molar-refractivity contribution in [3.8, 4) is 11.5 Å². The van der Waals surface area contributed by atoms with Crippen molar-refractivity contribution < 1.29 is 9.26 Å². The maximum absolute atomic E-state index is 5.75. The number of ether oxygens (including phenoxy) is 1. The Balaban J connectivity index is 1.86. The van der Waals surface area contributed by atoms with Gasteiger partial charge in [-0.25, -0.2) is 0 Å². The molecule has 0 aliphatic carbocycles. The second-order valence-electron chi connectivity index (χ2n) is 5.15. The number of hydrogen-bond acceptors (Lipinski definition) is 6. The number of benzene rings is 1. The summed E-state index contributed by atoms with van der Waals surface area (Å²) in [7, 11) is 2.06. The Morgan fingerprint density at radius 3 is 3.00 bits per heavy atom. The van der Waals surface area contributed by atoms with Crippen molar-refractivity contribution in [1.82, 2.24) is 15.0 Å². The van der Waals surface area contributed by atoms with E-state index in [9.17, 15) is 0 Å². The largest absolute Gasteiger partial charge is 0.399 e. The minimum atomic E-state index is -0.125. The maximum Gasteiger partial charge on any atom is 0.258 e. The summed E-state index contributed by atoms with van der Waals surface area (Å²) in [6.07, 6.45) is -0.125. The van der Waals surface area contributed by atoms with Crippen LogP contribution in [0.4, 0.5) is 5.69 Å². The molecule has 1 aromatic carbocycles. The summed E-state index contributed by atoms with van der Waals surface area (Å²) < 4.78 is 11.0. The number of morpholine rings is 1. The lowest BCUT2D eigenvalue weighted by atomic mass is 10.1. The van der Waals surface area contributed by atoms with Gasteiger partial charge in [0, 0.05) is 24.3 Å². The van der Waals surface area contributed by atoms with Gasteiger partial charge in [0.2, 0.25) is 5.82 Å². The zero-order valence-corrected chi connectivity index (χ0v) is 11.7. The summed E-state index contributed by atoms with van der Waals surface area (Å²) >= 11 is 0. The molecule has 1 fully saturated rings. The number of nitrogens with zero attached hydrogens (tertiary/aromatic N) is 3. The lowest BCUT2D eigenvalue weighted by molar-refractivity contribution is -0.0264. The second-order valence-corrected chi connectivity index (χ2v) is 5.15. The minimum absolute atomic E-state index is 0.125. The van der Waals surface area contributed by atoms with E-state index in [2.05, 4.69) is 22.1 Å². The molecule has 1 unspecified atom stereocenters. The SMILES string of the molecule is Cc1cc(N)ccc1-c1nc(C2CN(C)CCO2)no1. The molecule has 1 atom stereocenters. The molecule has 2 heterocycles. The third-order valence-corrected chi connectivity index (χ3v) is 3.48. The number of likely N-dealkylation sites (N-methyl/N-ethyl adjacent to an activating group) is 1. The van der Waals surface area contributed by atoms with Gasteiger partial charge in [-0.05, 0) is 37.7 Å². The summed E-state index contributed by atoms with van der Waals surface area (Å²) in [4.78, 5) is 6.65. The molecule has 6 heteroatoms. The van der Waals surface area contributed by atoms with E-state index in [1.54, 1.807) is 0 Å². The summed E-state index contributed by atoms with van der Waals surface area (Å²) in [6, 6.07) is 5.62. The molecule has 0 bridgehead atoms. The summed E-state index contributed by atoms with van der Waals surface area (Å²) in [5.74, 6) is 1.11. The van der Waals surface area contributed by atoms with Crippen LogP contribution in [0, 0.1) is 6.92 Å². The van der Waals surface area contributed by atoms with Gasteiger partial charge in [-0.3, -0.25) is 0 Å². The number of nitrogens with two attached hydrogens (primary N) is 1. The van der Waals surface area contributed by atoms with Crippen LogP contribution in [0.15, 0.2) is 22.7 Å². The molecule has 1 saturated heterocycles. The zero-order chi connectivity index (χ0) is 14.1. The molecule has 1 aliphatic heterocycles. The Hall–Kier alpha value is -1.92. The van der Waals surface area contributed by atoms with Crippen LogP contribution in [-0.4, -0.2) is 41.8 Å². The van der Waals surface area contributed by atoms with Gasteiger partial charge in [0.25, 0.3) is 5.89 Å². The number of rotatable bonds is 2. The van der Waals surface area contributed by atoms with Crippen LogP contribution < -0.4 is 5.73 Å². The van der Waals surface area contributed by atoms with E-state index in [1.807, 2.05) is 25.1 Å². The van der Waals surface area contributed by atoms with E-state index in [0.717, 1.165) is 29.9 Å². The van der Waals surface area contributed by atoms with Crippen LogP contribution >= 0.6 is 0 Å². The molecule has 0 saturated carbocycles. The van der Waals surface area contributed by atoms with Crippen LogP contribution in [0.2, 0.25) is 0 Å². The van der Waals surface area contributed by atoms with E-state index in [0.29, 0.717) is 18.3 Å². The Bertz CT molecular complexity index is 611. The molecule has 106 valence electrons. The molecule has 0 amide bonds. The lowest BCUT2D eigenvalue weighted by Crippen LogP contribution is -2.35. The predicted octanol–water partition coefficient (Wildman–Crippen LogP) is 1.63. The number of anilines is 1. The molecular formula is C14H18N4O2. The fourth-order valence-corrected chi connectivity index (χ4v) is 2.34. The smallest absolute Gasteiger partial charge is 0.258 e. The Labute approximate surface area is 117 Å². The molecule has 3 rings (SSSR count). The van der Waals surface area contributed by atoms with E-state index >= 15 is 0 Å². The van der Waals surface area contributed by atoms with Crippen molar-refractivity contribution in [2.45, 2.75) is 13.0 Å². The Kier molecular flexibility index (Phi) is 3.42. The van der Waals surface area contributed by atoms with Gasteiger partial charge in [-0.15, -0.1) is 0 Å². The van der Waals surface area contributed by atoms with Gasteiger partial charge < -0.3 is 19.9 Å².